The van der Waals surface area contributed by atoms with Gasteiger partial charge in [-0.25, -0.2) is 10.0 Å². The van der Waals surface area contributed by atoms with Crippen LogP contribution in [-0.4, -0.2) is 30.3 Å². The van der Waals surface area contributed by atoms with Crippen molar-refractivity contribution in [3.05, 3.63) is 66.2 Å². The van der Waals surface area contributed by atoms with Crippen molar-refractivity contribution in [1.82, 2.24) is 10.0 Å². The topological polar surface area (TPSA) is 22.1 Å². The molecule has 0 saturated carbocycles. The molecule has 0 bridgehead atoms. The molecular formula is C22H34N4. The number of rotatable bonds is 9. The molecule has 0 spiro atoms. The summed E-state index contributed by atoms with van der Waals surface area (Å²) in [4.78, 5) is 0. The number of nitrogens with zero attached hydrogens (tertiary/aromatic N) is 4. The Labute approximate surface area is 159 Å². The first-order valence-corrected chi connectivity index (χ1v) is 9.02. The molecule has 4 heteroatoms. The molecule has 26 heavy (non-hydrogen) atoms. The van der Waals surface area contributed by atoms with Crippen LogP contribution in [0.3, 0.4) is 0 Å². The number of hydrazone groups is 1. The van der Waals surface area contributed by atoms with E-state index in [-0.39, 0.29) is 0 Å². The van der Waals surface area contributed by atoms with E-state index in [0.29, 0.717) is 12.3 Å². The highest BCUT2D eigenvalue weighted by Crippen LogP contribution is 2.30. The maximum atomic E-state index is 4.48. The SMILES string of the molecule is C=CN(/N=C\C(C)C)C(=C)CC(=C(C)C)N(c1ccccc1C)N(C)C. The Morgan fingerprint density at radius 1 is 1.19 bits per heavy atom. The molecule has 0 aromatic heterocycles. The molecule has 1 aromatic carbocycles. The highest BCUT2D eigenvalue weighted by Gasteiger charge is 2.19. The molecule has 0 unspecified atom stereocenters. The Kier molecular flexibility index (Phi) is 8.33. The predicted molar refractivity (Wildman–Crippen MR) is 115 cm³/mol. The fourth-order valence-electron chi connectivity index (χ4n) is 2.60. The number of benzene rings is 1. The Bertz CT molecular complexity index is 679. The molecule has 0 amide bonds. The molecule has 0 radical (unpaired) electrons. The molecule has 0 heterocycles. The van der Waals surface area contributed by atoms with E-state index >= 15 is 0 Å². The van der Waals surface area contributed by atoms with E-state index in [1.807, 2.05) is 6.21 Å². The zero-order chi connectivity index (χ0) is 19.9. The lowest BCUT2D eigenvalue weighted by Gasteiger charge is -2.36. The number of hydrogen-bond donors (Lipinski definition) is 0. The van der Waals surface area contributed by atoms with Crippen molar-refractivity contribution in [1.29, 1.82) is 0 Å². The van der Waals surface area contributed by atoms with Gasteiger partial charge in [0.25, 0.3) is 0 Å². The van der Waals surface area contributed by atoms with Crippen molar-refractivity contribution in [3.63, 3.8) is 0 Å². The lowest BCUT2D eigenvalue weighted by Crippen LogP contribution is -2.37. The van der Waals surface area contributed by atoms with Gasteiger partial charge in [-0.05, 0) is 38.3 Å². The van der Waals surface area contributed by atoms with Crippen molar-refractivity contribution in [2.24, 2.45) is 11.0 Å². The number of hydrogen-bond acceptors (Lipinski definition) is 4. The van der Waals surface area contributed by atoms with Gasteiger partial charge in [-0.2, -0.15) is 5.10 Å². The van der Waals surface area contributed by atoms with Crippen molar-refractivity contribution in [3.8, 4) is 0 Å². The Morgan fingerprint density at radius 2 is 1.81 bits per heavy atom. The summed E-state index contributed by atoms with van der Waals surface area (Å²) >= 11 is 0. The molecule has 0 N–H and O–H groups in total. The van der Waals surface area contributed by atoms with E-state index in [9.17, 15) is 0 Å². The van der Waals surface area contributed by atoms with Crippen LogP contribution in [0.5, 0.6) is 0 Å². The van der Waals surface area contributed by atoms with Crippen molar-refractivity contribution >= 4 is 11.9 Å². The second-order valence-electron chi connectivity index (χ2n) is 7.17. The number of aryl methyl sites for hydroxylation is 1. The average molecular weight is 355 g/mol. The zero-order valence-corrected chi connectivity index (χ0v) is 17.5. The van der Waals surface area contributed by atoms with Gasteiger partial charge < -0.3 is 0 Å². The van der Waals surface area contributed by atoms with E-state index < -0.39 is 0 Å². The fourth-order valence-corrected chi connectivity index (χ4v) is 2.60. The molecule has 1 aromatic rings. The third-order valence-electron chi connectivity index (χ3n) is 3.93. The van der Waals surface area contributed by atoms with Crippen LogP contribution in [0.1, 0.15) is 39.7 Å². The molecule has 0 atom stereocenters. The number of allylic oxidation sites excluding steroid dienone is 1. The number of hydrazine groups is 1. The van der Waals surface area contributed by atoms with Crippen LogP contribution in [0.4, 0.5) is 5.69 Å². The van der Waals surface area contributed by atoms with Gasteiger partial charge in [-0.15, -0.1) is 0 Å². The molecule has 0 aliphatic heterocycles. The first kappa shape index (κ1) is 21.7. The van der Waals surface area contributed by atoms with Crippen LogP contribution in [0, 0.1) is 12.8 Å². The average Bonchev–Trinajstić information content (AvgIpc) is 2.55. The summed E-state index contributed by atoms with van der Waals surface area (Å²) in [5.74, 6) is 0.374. The minimum absolute atomic E-state index is 0.374. The maximum absolute atomic E-state index is 4.48. The lowest BCUT2D eigenvalue weighted by atomic mass is 10.1. The summed E-state index contributed by atoms with van der Waals surface area (Å²) in [7, 11) is 4.11. The van der Waals surface area contributed by atoms with Gasteiger partial charge in [-0.1, -0.05) is 50.8 Å². The molecule has 0 aliphatic carbocycles. The van der Waals surface area contributed by atoms with E-state index in [2.05, 4.69) is 101 Å². The molecule has 4 nitrogen and oxygen atoms in total. The van der Waals surface area contributed by atoms with Crippen molar-refractivity contribution in [2.75, 3.05) is 19.1 Å². The second-order valence-corrected chi connectivity index (χ2v) is 7.17. The van der Waals surface area contributed by atoms with Crippen LogP contribution in [0.2, 0.25) is 0 Å². The van der Waals surface area contributed by atoms with Crippen LogP contribution >= 0.6 is 0 Å². The van der Waals surface area contributed by atoms with E-state index in [1.54, 1.807) is 11.2 Å². The smallest absolute Gasteiger partial charge is 0.0605 e. The quantitative estimate of drug-likeness (QED) is 0.428. The normalized spacial score (nSPS) is 11.1. The summed E-state index contributed by atoms with van der Waals surface area (Å²) in [5.41, 5.74) is 5.69. The van der Waals surface area contributed by atoms with Crippen LogP contribution < -0.4 is 5.01 Å². The molecule has 0 aliphatic rings. The number of anilines is 1. The van der Waals surface area contributed by atoms with Gasteiger partial charge in [0, 0.05) is 44.3 Å². The summed E-state index contributed by atoms with van der Waals surface area (Å²) in [5, 5.41) is 10.6. The van der Waals surface area contributed by atoms with Crippen LogP contribution in [0.15, 0.2) is 65.7 Å². The zero-order valence-electron chi connectivity index (χ0n) is 17.5. The van der Waals surface area contributed by atoms with E-state index in [0.717, 1.165) is 11.4 Å². The third-order valence-corrected chi connectivity index (χ3v) is 3.93. The lowest BCUT2D eigenvalue weighted by molar-refractivity contribution is 0.388. The number of para-hydroxylation sites is 1. The standard InChI is InChI=1S/C22H34N4/c1-10-25(23-16-17(2)3)20(7)15-22(18(4)5)26(24(8)9)21-14-12-11-13-19(21)6/h10-14,16-17H,1,7,15H2,2-6,8-9H3/b23-16-. The summed E-state index contributed by atoms with van der Waals surface area (Å²) in [6.45, 7) is 18.7. The van der Waals surface area contributed by atoms with E-state index in [1.165, 1.54) is 16.8 Å². The Hall–Kier alpha value is -2.33. The minimum atomic E-state index is 0.374. The highest BCUT2D eigenvalue weighted by molar-refractivity contribution is 5.59. The molecule has 142 valence electrons. The molecule has 0 fully saturated rings. The Morgan fingerprint density at radius 3 is 2.27 bits per heavy atom. The highest BCUT2D eigenvalue weighted by atomic mass is 15.6. The van der Waals surface area contributed by atoms with E-state index in [4.69, 9.17) is 0 Å². The predicted octanol–water partition coefficient (Wildman–Crippen LogP) is 5.56. The van der Waals surface area contributed by atoms with Crippen molar-refractivity contribution in [2.45, 2.75) is 41.0 Å². The second kappa shape index (κ2) is 9.97. The van der Waals surface area contributed by atoms with Gasteiger partial charge in [-0.3, -0.25) is 5.01 Å². The van der Waals surface area contributed by atoms with Gasteiger partial charge in [0.15, 0.2) is 0 Å². The van der Waals surface area contributed by atoms with Crippen LogP contribution in [-0.2, 0) is 0 Å². The van der Waals surface area contributed by atoms with Gasteiger partial charge in [0.05, 0.1) is 5.69 Å². The Balaban J connectivity index is 3.22. The fraction of sp³-hybridized carbons (Fsp3) is 0.409. The maximum Gasteiger partial charge on any atom is 0.0605 e. The summed E-state index contributed by atoms with van der Waals surface area (Å²) in [6.07, 6.45) is 4.29. The van der Waals surface area contributed by atoms with Gasteiger partial charge in [0.2, 0.25) is 0 Å². The van der Waals surface area contributed by atoms with Gasteiger partial charge >= 0.3 is 0 Å². The summed E-state index contributed by atoms with van der Waals surface area (Å²) in [6, 6.07) is 8.41. The van der Waals surface area contributed by atoms with Crippen molar-refractivity contribution < 1.29 is 0 Å². The minimum Gasteiger partial charge on any atom is -0.278 e. The van der Waals surface area contributed by atoms with Gasteiger partial charge in [0.1, 0.15) is 0 Å². The molecule has 0 saturated heterocycles. The summed E-state index contributed by atoms with van der Waals surface area (Å²) < 4.78 is 0. The first-order valence-electron chi connectivity index (χ1n) is 9.02. The third kappa shape index (κ3) is 5.88. The molecular weight excluding hydrogens is 320 g/mol. The van der Waals surface area contributed by atoms with Crippen LogP contribution in [0.25, 0.3) is 0 Å². The largest absolute Gasteiger partial charge is 0.278 e. The monoisotopic (exact) mass is 354 g/mol. The first-order chi connectivity index (χ1) is 12.2. The molecule has 1 rings (SSSR count).